The number of hydrogen-bond donors (Lipinski definition) is 2. The van der Waals surface area contributed by atoms with Crippen molar-refractivity contribution in [1.82, 2.24) is 25.0 Å². The molecule has 0 fully saturated rings. The third-order valence-corrected chi connectivity index (χ3v) is 5.22. The van der Waals surface area contributed by atoms with E-state index in [1.165, 1.54) is 29.2 Å². The molecule has 3 aromatic rings. The average molecular weight is 485 g/mol. The van der Waals surface area contributed by atoms with Gasteiger partial charge in [0, 0.05) is 31.3 Å². The van der Waals surface area contributed by atoms with Crippen molar-refractivity contribution in [2.75, 3.05) is 5.32 Å². The van der Waals surface area contributed by atoms with Gasteiger partial charge in [0.1, 0.15) is 17.7 Å². The van der Waals surface area contributed by atoms with E-state index in [-0.39, 0.29) is 5.82 Å². The summed E-state index contributed by atoms with van der Waals surface area (Å²) in [5, 5.41) is 14.1. The summed E-state index contributed by atoms with van der Waals surface area (Å²) in [6, 6.07) is 2.29. The molecule has 1 amide bonds. The van der Waals surface area contributed by atoms with Gasteiger partial charge in [0.25, 0.3) is 5.91 Å². The summed E-state index contributed by atoms with van der Waals surface area (Å²) in [6.07, 6.45) is -2.23. The van der Waals surface area contributed by atoms with E-state index < -0.39 is 48.0 Å². The molecule has 2 aromatic heterocycles. The van der Waals surface area contributed by atoms with Gasteiger partial charge in [0.05, 0.1) is 18.5 Å². The first kappa shape index (κ1) is 23.3. The highest BCUT2D eigenvalue weighted by Crippen LogP contribution is 2.50. The molecular formula is C20H17F6N7O. The van der Waals surface area contributed by atoms with Crippen molar-refractivity contribution < 1.29 is 31.1 Å². The number of anilines is 1. The van der Waals surface area contributed by atoms with Crippen molar-refractivity contribution in [2.24, 2.45) is 12.1 Å². The quantitative estimate of drug-likeness (QED) is 0.327. The molecular weight excluding hydrogens is 468 g/mol. The zero-order chi connectivity index (χ0) is 24.7. The average Bonchev–Trinajstić information content (AvgIpc) is 3.38. The second-order valence-electron chi connectivity index (χ2n) is 7.63. The number of hydrazone groups is 1. The van der Waals surface area contributed by atoms with Crippen LogP contribution < -0.4 is 10.7 Å². The standard InChI is InChI=1S/C20H17F6N7O/c1-32-10-11(9-28-32)8-27-30-18(34)15-7-17-29-14(12-2-4-13(21)5-3-12)6-16(33(17)31-15)19(22,23)20(24,25)26/h2-5,7-10,14,16,29H,6H2,1H3,(H,30,34)/b27-8+. The molecule has 0 saturated carbocycles. The number of hydrogen-bond acceptors (Lipinski definition) is 5. The third kappa shape index (κ3) is 4.47. The zero-order valence-electron chi connectivity index (χ0n) is 17.4. The van der Waals surface area contributed by atoms with Gasteiger partial charge in [-0.25, -0.2) is 14.5 Å². The minimum Gasteiger partial charge on any atom is -0.363 e. The number of benzene rings is 1. The molecule has 180 valence electrons. The zero-order valence-corrected chi connectivity index (χ0v) is 17.4. The fourth-order valence-electron chi connectivity index (χ4n) is 3.55. The number of nitrogens with one attached hydrogen (secondary N) is 2. The van der Waals surface area contributed by atoms with Crippen LogP contribution in [0.2, 0.25) is 0 Å². The summed E-state index contributed by atoms with van der Waals surface area (Å²) in [7, 11) is 1.67. The molecule has 14 heteroatoms. The van der Waals surface area contributed by atoms with E-state index in [0.29, 0.717) is 15.8 Å². The van der Waals surface area contributed by atoms with Crippen LogP contribution >= 0.6 is 0 Å². The number of alkyl halides is 5. The first-order chi connectivity index (χ1) is 16.0. The van der Waals surface area contributed by atoms with Crippen molar-refractivity contribution in [2.45, 2.75) is 30.6 Å². The van der Waals surface area contributed by atoms with Gasteiger partial charge in [0.15, 0.2) is 5.69 Å². The molecule has 0 saturated heterocycles. The monoisotopic (exact) mass is 485 g/mol. The smallest absolute Gasteiger partial charge is 0.363 e. The van der Waals surface area contributed by atoms with Crippen LogP contribution in [0.5, 0.6) is 0 Å². The van der Waals surface area contributed by atoms with Crippen molar-refractivity contribution in [1.29, 1.82) is 0 Å². The van der Waals surface area contributed by atoms with Crippen LogP contribution in [0.25, 0.3) is 0 Å². The van der Waals surface area contributed by atoms with E-state index in [9.17, 15) is 31.1 Å². The first-order valence-corrected chi connectivity index (χ1v) is 9.84. The fourth-order valence-corrected chi connectivity index (χ4v) is 3.55. The summed E-state index contributed by atoms with van der Waals surface area (Å²) >= 11 is 0. The Morgan fingerprint density at radius 2 is 1.94 bits per heavy atom. The summed E-state index contributed by atoms with van der Waals surface area (Å²) in [5.74, 6) is -6.89. The Balaban J connectivity index is 1.63. The Labute approximate surface area is 188 Å². The van der Waals surface area contributed by atoms with Gasteiger partial charge < -0.3 is 5.32 Å². The van der Waals surface area contributed by atoms with Crippen molar-refractivity contribution in [3.63, 3.8) is 0 Å². The largest absolute Gasteiger partial charge is 0.455 e. The molecule has 2 N–H and O–H groups in total. The van der Waals surface area contributed by atoms with E-state index >= 15 is 0 Å². The van der Waals surface area contributed by atoms with Gasteiger partial charge in [-0.2, -0.15) is 37.3 Å². The van der Waals surface area contributed by atoms with Crippen molar-refractivity contribution in [3.8, 4) is 0 Å². The molecule has 8 nitrogen and oxygen atoms in total. The number of carbonyl (C=O) groups is 1. The van der Waals surface area contributed by atoms with E-state index in [1.54, 1.807) is 13.2 Å². The lowest BCUT2D eigenvalue weighted by Crippen LogP contribution is -2.47. The van der Waals surface area contributed by atoms with Gasteiger partial charge in [0.2, 0.25) is 0 Å². The second-order valence-corrected chi connectivity index (χ2v) is 7.63. The molecule has 1 aliphatic heterocycles. The number of nitrogens with zero attached hydrogens (tertiary/aromatic N) is 5. The molecule has 2 unspecified atom stereocenters. The number of aromatic nitrogens is 4. The summed E-state index contributed by atoms with van der Waals surface area (Å²) < 4.78 is 83.8. The number of fused-ring (bicyclic) bond motifs is 1. The third-order valence-electron chi connectivity index (χ3n) is 5.22. The minimum atomic E-state index is -5.86. The van der Waals surface area contributed by atoms with Crippen LogP contribution in [-0.4, -0.2) is 43.8 Å². The minimum absolute atomic E-state index is 0.226. The summed E-state index contributed by atoms with van der Waals surface area (Å²) in [6.45, 7) is 0. The number of aryl methyl sites for hydroxylation is 1. The lowest BCUT2D eigenvalue weighted by molar-refractivity contribution is -0.301. The van der Waals surface area contributed by atoms with Crippen LogP contribution in [0.15, 0.2) is 47.8 Å². The van der Waals surface area contributed by atoms with Crippen molar-refractivity contribution in [3.05, 3.63) is 65.4 Å². The Bertz CT molecular complexity index is 1210. The molecule has 2 atom stereocenters. The number of carbonyl (C=O) groups excluding carboxylic acids is 1. The highest BCUT2D eigenvalue weighted by Gasteiger charge is 2.64. The van der Waals surface area contributed by atoms with Gasteiger partial charge in [-0.3, -0.25) is 9.48 Å². The summed E-state index contributed by atoms with van der Waals surface area (Å²) in [4.78, 5) is 12.4. The highest BCUT2D eigenvalue weighted by molar-refractivity contribution is 5.93. The first-order valence-electron chi connectivity index (χ1n) is 9.84. The van der Waals surface area contributed by atoms with Crippen LogP contribution in [0.1, 0.15) is 40.1 Å². The molecule has 0 radical (unpaired) electrons. The van der Waals surface area contributed by atoms with Gasteiger partial charge in [-0.05, 0) is 17.7 Å². The lowest BCUT2D eigenvalue weighted by atomic mass is 9.93. The SMILES string of the molecule is Cn1cc(/C=N/NC(=O)c2cc3n(n2)C(C(F)(F)C(F)(F)F)CC(c2ccc(F)cc2)N3)cn1. The lowest BCUT2D eigenvalue weighted by Gasteiger charge is -2.37. The topological polar surface area (TPSA) is 89.1 Å². The highest BCUT2D eigenvalue weighted by atomic mass is 19.4. The Morgan fingerprint density at radius 3 is 2.56 bits per heavy atom. The predicted octanol–water partition coefficient (Wildman–Crippen LogP) is 3.82. The Morgan fingerprint density at radius 1 is 1.24 bits per heavy atom. The maximum Gasteiger partial charge on any atom is 0.455 e. The van der Waals surface area contributed by atoms with Gasteiger partial charge in [-0.15, -0.1) is 0 Å². The van der Waals surface area contributed by atoms with E-state index in [1.807, 2.05) is 0 Å². The predicted molar refractivity (Wildman–Crippen MR) is 108 cm³/mol. The molecule has 1 aromatic carbocycles. The fraction of sp³-hybridized carbons (Fsp3) is 0.300. The van der Waals surface area contributed by atoms with Gasteiger partial charge in [-0.1, -0.05) is 12.1 Å². The van der Waals surface area contributed by atoms with Crippen LogP contribution in [-0.2, 0) is 7.05 Å². The maximum atomic E-state index is 14.4. The van der Waals surface area contributed by atoms with Crippen LogP contribution in [0, 0.1) is 5.82 Å². The number of rotatable bonds is 5. The Kier molecular flexibility index (Phi) is 5.83. The maximum absolute atomic E-state index is 14.4. The number of halogens is 6. The summed E-state index contributed by atoms with van der Waals surface area (Å²) in [5.41, 5.74) is 2.57. The van der Waals surface area contributed by atoms with Crippen molar-refractivity contribution >= 4 is 17.9 Å². The normalized spacial score (nSPS) is 18.6. The van der Waals surface area contributed by atoms with Crippen LogP contribution in [0.3, 0.4) is 0 Å². The van der Waals surface area contributed by atoms with E-state index in [0.717, 1.165) is 18.2 Å². The molecule has 0 bridgehead atoms. The molecule has 34 heavy (non-hydrogen) atoms. The molecule has 0 aliphatic carbocycles. The molecule has 4 rings (SSSR count). The number of amides is 1. The van der Waals surface area contributed by atoms with E-state index in [2.05, 4.69) is 26.0 Å². The van der Waals surface area contributed by atoms with E-state index in [4.69, 9.17) is 0 Å². The Hall–Kier alpha value is -3.84. The molecule has 1 aliphatic rings. The molecule has 3 heterocycles. The van der Waals surface area contributed by atoms with Crippen LogP contribution in [0.4, 0.5) is 32.2 Å². The molecule has 0 spiro atoms. The van der Waals surface area contributed by atoms with Gasteiger partial charge >= 0.3 is 12.1 Å². The second kappa shape index (κ2) is 8.50.